The second-order valence-electron chi connectivity index (χ2n) is 5.99. The lowest BCUT2D eigenvalue weighted by atomic mass is 9.92. The van der Waals surface area contributed by atoms with Gasteiger partial charge in [0.2, 0.25) is 0 Å². The Morgan fingerprint density at radius 3 is 2.59 bits per heavy atom. The molecule has 0 heterocycles. The maximum absolute atomic E-state index is 12.1. The normalized spacial score (nSPS) is 15.4. The molecule has 0 amide bonds. The van der Waals surface area contributed by atoms with E-state index in [-0.39, 0.29) is 5.97 Å². The molecule has 0 bridgehead atoms. The summed E-state index contributed by atoms with van der Waals surface area (Å²) in [5.41, 5.74) is 3.76. The van der Waals surface area contributed by atoms with Crippen LogP contribution in [0.3, 0.4) is 0 Å². The molecule has 0 spiro atoms. The number of hydrogen-bond donors (Lipinski definition) is 0. The van der Waals surface area contributed by atoms with E-state index >= 15 is 0 Å². The molecule has 0 unspecified atom stereocenters. The van der Waals surface area contributed by atoms with Crippen molar-refractivity contribution in [3.05, 3.63) is 35.4 Å². The quantitative estimate of drug-likeness (QED) is 0.745. The standard InChI is InChI=1S/C19H27NO2/c1-5-15-12-17(19(21)22-4)14(3)18(13-15)20(6-2)16-10-8-7-9-11-16/h5,12-13,16H,1,6-11H2,2-4H3. The van der Waals surface area contributed by atoms with Gasteiger partial charge in [0.25, 0.3) is 0 Å². The smallest absolute Gasteiger partial charge is 0.338 e. The average Bonchev–Trinajstić information content (AvgIpc) is 2.57. The number of methoxy groups -OCH3 is 1. The highest BCUT2D eigenvalue weighted by molar-refractivity contribution is 5.93. The highest BCUT2D eigenvalue weighted by Gasteiger charge is 2.24. The molecule has 0 atom stereocenters. The van der Waals surface area contributed by atoms with Gasteiger partial charge in [-0.1, -0.05) is 31.9 Å². The molecule has 0 saturated heterocycles. The van der Waals surface area contributed by atoms with Gasteiger partial charge in [-0.15, -0.1) is 0 Å². The number of anilines is 1. The summed E-state index contributed by atoms with van der Waals surface area (Å²) in [4.78, 5) is 14.5. The minimum absolute atomic E-state index is 0.276. The van der Waals surface area contributed by atoms with Gasteiger partial charge in [-0.05, 0) is 49.9 Å². The second kappa shape index (κ2) is 7.48. The van der Waals surface area contributed by atoms with Crippen LogP contribution in [0.2, 0.25) is 0 Å². The van der Waals surface area contributed by atoms with Crippen LogP contribution in [0.15, 0.2) is 18.7 Å². The fourth-order valence-corrected chi connectivity index (χ4v) is 3.48. The molecule has 1 fully saturated rings. The first-order valence-corrected chi connectivity index (χ1v) is 8.24. The van der Waals surface area contributed by atoms with Crippen molar-refractivity contribution in [3.8, 4) is 0 Å². The van der Waals surface area contributed by atoms with Crippen LogP contribution < -0.4 is 4.90 Å². The van der Waals surface area contributed by atoms with Gasteiger partial charge < -0.3 is 9.64 Å². The monoisotopic (exact) mass is 301 g/mol. The summed E-state index contributed by atoms with van der Waals surface area (Å²) in [6.07, 6.45) is 8.20. The number of carbonyl (C=O) groups is 1. The van der Waals surface area contributed by atoms with E-state index < -0.39 is 0 Å². The van der Waals surface area contributed by atoms with Gasteiger partial charge in [-0.2, -0.15) is 0 Å². The highest BCUT2D eigenvalue weighted by atomic mass is 16.5. The van der Waals surface area contributed by atoms with E-state index in [1.165, 1.54) is 39.2 Å². The van der Waals surface area contributed by atoms with Crippen molar-refractivity contribution in [2.75, 3.05) is 18.6 Å². The zero-order valence-corrected chi connectivity index (χ0v) is 14.0. The summed E-state index contributed by atoms with van der Waals surface area (Å²) >= 11 is 0. The minimum atomic E-state index is -0.276. The maximum Gasteiger partial charge on any atom is 0.338 e. The van der Waals surface area contributed by atoms with Crippen LogP contribution in [0.4, 0.5) is 5.69 Å². The van der Waals surface area contributed by atoms with Crippen molar-refractivity contribution < 1.29 is 9.53 Å². The molecule has 0 aliphatic heterocycles. The van der Waals surface area contributed by atoms with E-state index in [0.29, 0.717) is 11.6 Å². The molecule has 1 saturated carbocycles. The second-order valence-corrected chi connectivity index (χ2v) is 5.99. The van der Waals surface area contributed by atoms with Gasteiger partial charge in [0.1, 0.15) is 0 Å². The molecule has 0 radical (unpaired) electrons. The van der Waals surface area contributed by atoms with Gasteiger partial charge in [0.15, 0.2) is 0 Å². The van der Waals surface area contributed by atoms with Crippen LogP contribution in [0.1, 0.15) is 60.5 Å². The number of benzene rings is 1. The molecule has 2 rings (SSSR count). The predicted octanol–water partition coefficient (Wildman–Crippen LogP) is 4.58. The molecule has 120 valence electrons. The van der Waals surface area contributed by atoms with Crippen molar-refractivity contribution in [3.63, 3.8) is 0 Å². The third-order valence-electron chi connectivity index (χ3n) is 4.71. The number of rotatable bonds is 5. The third-order valence-corrected chi connectivity index (χ3v) is 4.71. The number of carbonyl (C=O) groups excluding carboxylic acids is 1. The first kappa shape index (κ1) is 16.6. The van der Waals surface area contributed by atoms with Crippen LogP contribution in [-0.4, -0.2) is 25.7 Å². The summed E-state index contributed by atoms with van der Waals surface area (Å²) in [5, 5.41) is 0. The molecule has 1 aromatic carbocycles. The van der Waals surface area contributed by atoms with Gasteiger partial charge in [0, 0.05) is 18.3 Å². The first-order valence-electron chi connectivity index (χ1n) is 8.24. The van der Waals surface area contributed by atoms with Gasteiger partial charge in [0.05, 0.1) is 12.7 Å². The van der Waals surface area contributed by atoms with Crippen molar-refractivity contribution in [2.45, 2.75) is 52.0 Å². The van der Waals surface area contributed by atoms with Crippen molar-refractivity contribution in [1.82, 2.24) is 0 Å². The lowest BCUT2D eigenvalue weighted by Gasteiger charge is -2.37. The van der Waals surface area contributed by atoms with Gasteiger partial charge in [-0.25, -0.2) is 4.79 Å². The first-order chi connectivity index (χ1) is 10.6. The summed E-state index contributed by atoms with van der Waals surface area (Å²) in [6, 6.07) is 4.59. The molecular formula is C19H27NO2. The third kappa shape index (κ3) is 3.34. The lowest BCUT2D eigenvalue weighted by molar-refractivity contribution is 0.0600. The predicted molar refractivity (Wildman–Crippen MR) is 92.5 cm³/mol. The Morgan fingerprint density at radius 1 is 1.36 bits per heavy atom. The van der Waals surface area contributed by atoms with E-state index in [2.05, 4.69) is 24.5 Å². The SMILES string of the molecule is C=Cc1cc(C(=O)OC)c(C)c(N(CC)C2CCCCC2)c1. The summed E-state index contributed by atoms with van der Waals surface area (Å²) < 4.78 is 4.94. The largest absolute Gasteiger partial charge is 0.465 e. The Kier molecular flexibility index (Phi) is 5.64. The zero-order valence-electron chi connectivity index (χ0n) is 14.0. The van der Waals surface area contributed by atoms with E-state index in [9.17, 15) is 4.79 Å². The fraction of sp³-hybridized carbons (Fsp3) is 0.526. The number of nitrogens with zero attached hydrogens (tertiary/aromatic N) is 1. The van der Waals surface area contributed by atoms with Crippen molar-refractivity contribution >= 4 is 17.7 Å². The molecule has 3 nitrogen and oxygen atoms in total. The Balaban J connectivity index is 2.46. The molecule has 0 N–H and O–H groups in total. The molecule has 1 aromatic rings. The molecule has 22 heavy (non-hydrogen) atoms. The topological polar surface area (TPSA) is 29.5 Å². The number of ether oxygens (including phenoxy) is 1. The van der Waals surface area contributed by atoms with Crippen LogP contribution in [0.5, 0.6) is 0 Å². The molecule has 3 heteroatoms. The van der Waals surface area contributed by atoms with Crippen LogP contribution in [-0.2, 0) is 4.74 Å². The minimum Gasteiger partial charge on any atom is -0.465 e. The lowest BCUT2D eigenvalue weighted by Crippen LogP contribution is -2.37. The fourth-order valence-electron chi connectivity index (χ4n) is 3.48. The summed E-state index contributed by atoms with van der Waals surface area (Å²) in [7, 11) is 1.43. The van der Waals surface area contributed by atoms with E-state index in [0.717, 1.165) is 23.4 Å². The zero-order chi connectivity index (χ0) is 16.1. The Hall–Kier alpha value is -1.77. The van der Waals surface area contributed by atoms with Crippen LogP contribution in [0, 0.1) is 6.92 Å². The Bertz CT molecular complexity index is 545. The van der Waals surface area contributed by atoms with Gasteiger partial charge in [-0.3, -0.25) is 0 Å². The summed E-state index contributed by atoms with van der Waals surface area (Å²) in [6.45, 7) is 9.01. The Labute approximate surface area is 134 Å². The van der Waals surface area contributed by atoms with E-state index in [1.807, 2.05) is 13.0 Å². The number of esters is 1. The number of hydrogen-bond acceptors (Lipinski definition) is 3. The van der Waals surface area contributed by atoms with Gasteiger partial charge >= 0.3 is 5.97 Å². The average molecular weight is 301 g/mol. The molecular weight excluding hydrogens is 274 g/mol. The Morgan fingerprint density at radius 2 is 2.05 bits per heavy atom. The van der Waals surface area contributed by atoms with Crippen molar-refractivity contribution in [2.24, 2.45) is 0 Å². The van der Waals surface area contributed by atoms with Crippen LogP contribution >= 0.6 is 0 Å². The van der Waals surface area contributed by atoms with E-state index in [4.69, 9.17) is 4.74 Å². The molecule has 0 aromatic heterocycles. The van der Waals surface area contributed by atoms with Crippen LogP contribution in [0.25, 0.3) is 6.08 Å². The molecule has 1 aliphatic carbocycles. The molecule has 1 aliphatic rings. The highest BCUT2D eigenvalue weighted by Crippen LogP contribution is 2.32. The van der Waals surface area contributed by atoms with Crippen molar-refractivity contribution in [1.29, 1.82) is 0 Å². The maximum atomic E-state index is 12.1. The summed E-state index contributed by atoms with van der Waals surface area (Å²) in [5.74, 6) is -0.276. The van der Waals surface area contributed by atoms with E-state index in [1.54, 1.807) is 6.08 Å².